The van der Waals surface area contributed by atoms with Gasteiger partial charge in [0, 0.05) is 15.2 Å². The number of fused-ring (bicyclic) bond motifs is 11. The summed E-state index contributed by atoms with van der Waals surface area (Å²) >= 11 is 1.89. The van der Waals surface area contributed by atoms with E-state index in [2.05, 4.69) is 158 Å². The first kappa shape index (κ1) is 24.9. The lowest BCUT2D eigenvalue weighted by atomic mass is 9.61. The Morgan fingerprint density at radius 1 is 0.304 bits per heavy atom. The molecule has 0 aromatic heterocycles. The molecule has 0 N–H and O–H groups in total. The first-order valence-corrected chi connectivity index (χ1v) is 16.8. The van der Waals surface area contributed by atoms with E-state index in [1.807, 2.05) is 11.8 Å². The first-order valence-electron chi connectivity index (χ1n) is 16.0. The molecule has 0 radical (unpaired) electrons. The van der Waals surface area contributed by atoms with Gasteiger partial charge in [-0.05, 0) is 95.1 Å². The molecule has 1 spiro atoms. The third-order valence-electron chi connectivity index (χ3n) is 10.7. The summed E-state index contributed by atoms with van der Waals surface area (Å²) in [5.41, 5.74) is 15.7. The van der Waals surface area contributed by atoms with E-state index in [4.69, 9.17) is 0 Å². The molecule has 46 heavy (non-hydrogen) atoms. The van der Waals surface area contributed by atoms with Crippen molar-refractivity contribution in [2.45, 2.75) is 15.2 Å². The summed E-state index contributed by atoms with van der Waals surface area (Å²) in [4.78, 5) is 2.66. The minimum absolute atomic E-state index is 0.417. The average molecular weight is 599 g/mol. The van der Waals surface area contributed by atoms with Crippen molar-refractivity contribution >= 4 is 33.3 Å². The standard InChI is InChI=1S/C45H26S/c1-4-19-35-29(14-1)30-17-7-11-27-12-8-21-37(41(27)30)45(35)36-20-5-2-15-33(36)43-31(18-10-22-38(43)45)32-26-25-28-13-9-24-40-42(28)44(32)34-16-3-6-23-39(34)46-40/h1-26H. The van der Waals surface area contributed by atoms with Crippen molar-refractivity contribution in [1.82, 2.24) is 0 Å². The molecule has 1 unspecified atom stereocenters. The molecular weight excluding hydrogens is 573 g/mol. The van der Waals surface area contributed by atoms with Gasteiger partial charge in [-0.3, -0.25) is 0 Å². The molecule has 0 saturated heterocycles. The van der Waals surface area contributed by atoms with Gasteiger partial charge < -0.3 is 0 Å². The molecule has 8 aromatic rings. The van der Waals surface area contributed by atoms with E-state index in [0.29, 0.717) is 0 Å². The van der Waals surface area contributed by atoms with Crippen molar-refractivity contribution in [1.29, 1.82) is 0 Å². The molecule has 3 aliphatic rings. The molecule has 1 aliphatic heterocycles. The Morgan fingerprint density at radius 2 is 0.848 bits per heavy atom. The summed E-state index contributed by atoms with van der Waals surface area (Å²) < 4.78 is 0. The van der Waals surface area contributed by atoms with Gasteiger partial charge in [-0.25, -0.2) is 0 Å². The van der Waals surface area contributed by atoms with Gasteiger partial charge in [0.25, 0.3) is 0 Å². The number of benzene rings is 8. The van der Waals surface area contributed by atoms with Crippen LogP contribution in [0.2, 0.25) is 0 Å². The normalized spacial score (nSPS) is 16.3. The molecule has 11 rings (SSSR count). The van der Waals surface area contributed by atoms with Gasteiger partial charge >= 0.3 is 0 Å². The van der Waals surface area contributed by atoms with Gasteiger partial charge in [0.15, 0.2) is 0 Å². The SMILES string of the molecule is c1ccc2c(c1)Sc1cccc3ccc(-c4cccc5c4-c4ccccc4C54c5ccccc5-c5cccc6cccc4c56)c-2c13. The minimum Gasteiger partial charge on any atom is -0.0888 e. The molecule has 2 aliphatic carbocycles. The second kappa shape index (κ2) is 8.88. The number of rotatable bonds is 1. The molecule has 0 bridgehead atoms. The zero-order valence-electron chi connectivity index (χ0n) is 24.9. The van der Waals surface area contributed by atoms with Crippen LogP contribution in [0.5, 0.6) is 0 Å². The van der Waals surface area contributed by atoms with Crippen molar-refractivity contribution in [3.05, 3.63) is 180 Å². The van der Waals surface area contributed by atoms with E-state index >= 15 is 0 Å². The van der Waals surface area contributed by atoms with Crippen LogP contribution in [0.15, 0.2) is 168 Å². The highest BCUT2D eigenvalue weighted by molar-refractivity contribution is 7.99. The lowest BCUT2D eigenvalue weighted by molar-refractivity contribution is 0.773. The minimum atomic E-state index is -0.417. The Balaban J connectivity index is 1.32. The van der Waals surface area contributed by atoms with Crippen molar-refractivity contribution in [3.63, 3.8) is 0 Å². The smallest absolute Gasteiger partial charge is 0.0725 e. The average Bonchev–Trinajstić information content (AvgIpc) is 3.42. The van der Waals surface area contributed by atoms with Crippen LogP contribution in [-0.4, -0.2) is 0 Å². The van der Waals surface area contributed by atoms with Crippen LogP contribution in [0.1, 0.15) is 22.3 Å². The Labute approximate surface area is 272 Å². The molecule has 1 heteroatoms. The summed E-state index contributed by atoms with van der Waals surface area (Å²) in [6, 6.07) is 59.5. The number of hydrogen-bond donors (Lipinski definition) is 0. The molecule has 0 saturated carbocycles. The first-order chi connectivity index (χ1) is 22.8. The van der Waals surface area contributed by atoms with Gasteiger partial charge in [-0.15, -0.1) is 0 Å². The van der Waals surface area contributed by atoms with Crippen LogP contribution in [0, 0.1) is 0 Å². The summed E-state index contributed by atoms with van der Waals surface area (Å²) in [7, 11) is 0. The fourth-order valence-corrected chi connectivity index (χ4v) is 10.1. The number of hydrogen-bond acceptors (Lipinski definition) is 1. The van der Waals surface area contributed by atoms with Crippen LogP contribution in [-0.2, 0) is 5.41 Å². The monoisotopic (exact) mass is 598 g/mol. The second-order valence-electron chi connectivity index (χ2n) is 12.7. The van der Waals surface area contributed by atoms with Gasteiger partial charge in [-0.1, -0.05) is 157 Å². The fraction of sp³-hybridized carbons (Fsp3) is 0.0222. The Kier molecular flexibility index (Phi) is 4.80. The highest BCUT2D eigenvalue weighted by Gasteiger charge is 2.50. The van der Waals surface area contributed by atoms with Crippen molar-refractivity contribution < 1.29 is 0 Å². The molecule has 0 amide bonds. The van der Waals surface area contributed by atoms with E-state index in [-0.39, 0.29) is 0 Å². The van der Waals surface area contributed by atoms with E-state index < -0.39 is 5.41 Å². The zero-order valence-corrected chi connectivity index (χ0v) is 25.7. The Hall–Kier alpha value is -5.37. The maximum absolute atomic E-state index is 2.41. The van der Waals surface area contributed by atoms with Crippen LogP contribution in [0.25, 0.3) is 66.1 Å². The zero-order chi connectivity index (χ0) is 30.0. The molecular formula is C45H26S. The molecule has 212 valence electrons. The van der Waals surface area contributed by atoms with Gasteiger partial charge in [0.1, 0.15) is 0 Å². The summed E-state index contributed by atoms with van der Waals surface area (Å²) in [6.07, 6.45) is 0. The van der Waals surface area contributed by atoms with E-state index in [0.717, 1.165) is 0 Å². The van der Waals surface area contributed by atoms with Crippen LogP contribution in [0.4, 0.5) is 0 Å². The molecule has 0 nitrogen and oxygen atoms in total. The van der Waals surface area contributed by atoms with Gasteiger partial charge in [0.2, 0.25) is 0 Å². The maximum atomic E-state index is 2.41. The highest BCUT2D eigenvalue weighted by Crippen LogP contribution is 2.63. The van der Waals surface area contributed by atoms with Crippen LogP contribution >= 0.6 is 11.8 Å². The van der Waals surface area contributed by atoms with Crippen molar-refractivity contribution in [3.8, 4) is 44.5 Å². The van der Waals surface area contributed by atoms with E-state index in [1.165, 1.54) is 98.1 Å². The maximum Gasteiger partial charge on any atom is 0.0725 e. The summed E-state index contributed by atoms with van der Waals surface area (Å²) in [5, 5.41) is 5.33. The predicted molar refractivity (Wildman–Crippen MR) is 193 cm³/mol. The Morgan fingerprint density at radius 3 is 1.72 bits per heavy atom. The van der Waals surface area contributed by atoms with Crippen LogP contribution in [0.3, 0.4) is 0 Å². The largest absolute Gasteiger partial charge is 0.0888 e. The topological polar surface area (TPSA) is 0 Å². The van der Waals surface area contributed by atoms with Crippen molar-refractivity contribution in [2.75, 3.05) is 0 Å². The Bertz CT molecular complexity index is 2620. The molecule has 0 fully saturated rings. The van der Waals surface area contributed by atoms with Gasteiger partial charge in [0.05, 0.1) is 5.41 Å². The molecule has 8 aromatic carbocycles. The van der Waals surface area contributed by atoms with Gasteiger partial charge in [-0.2, -0.15) is 0 Å². The predicted octanol–water partition coefficient (Wildman–Crippen LogP) is 12.1. The highest BCUT2D eigenvalue weighted by atomic mass is 32.2. The summed E-state index contributed by atoms with van der Waals surface area (Å²) in [5.74, 6) is 0. The molecule has 1 atom stereocenters. The molecule has 1 heterocycles. The summed E-state index contributed by atoms with van der Waals surface area (Å²) in [6.45, 7) is 0. The fourth-order valence-electron chi connectivity index (χ4n) is 9.02. The third-order valence-corrected chi connectivity index (χ3v) is 11.8. The lowest BCUT2D eigenvalue weighted by Gasteiger charge is -2.40. The second-order valence-corrected chi connectivity index (χ2v) is 13.8. The van der Waals surface area contributed by atoms with Crippen LogP contribution < -0.4 is 0 Å². The third kappa shape index (κ3) is 2.93. The quantitative estimate of drug-likeness (QED) is 0.181. The lowest BCUT2D eigenvalue weighted by Crippen LogP contribution is -2.31. The van der Waals surface area contributed by atoms with Crippen molar-refractivity contribution in [2.24, 2.45) is 0 Å². The van der Waals surface area contributed by atoms with E-state index in [9.17, 15) is 0 Å². The van der Waals surface area contributed by atoms with E-state index in [1.54, 1.807) is 0 Å².